The minimum atomic E-state index is -0.690. The Morgan fingerprint density at radius 3 is 2.59 bits per heavy atom. The summed E-state index contributed by atoms with van der Waals surface area (Å²) in [7, 11) is 1.48. The molecule has 0 atom stereocenters. The molecule has 0 aliphatic carbocycles. The quantitative estimate of drug-likeness (QED) is 0.247. The van der Waals surface area contributed by atoms with Crippen molar-refractivity contribution in [3.8, 4) is 11.5 Å². The number of hydrogen-bond donors (Lipinski definition) is 2. The smallest absolute Gasteiger partial charge is 0.329 e. The van der Waals surface area contributed by atoms with E-state index in [0.717, 1.165) is 10.5 Å². The van der Waals surface area contributed by atoms with Crippen molar-refractivity contribution < 1.29 is 23.9 Å². The number of rotatable bonds is 8. The Labute approximate surface area is 231 Å². The van der Waals surface area contributed by atoms with Gasteiger partial charge in [-0.2, -0.15) is 0 Å². The van der Waals surface area contributed by atoms with Crippen molar-refractivity contribution in [1.82, 2.24) is 10.2 Å². The van der Waals surface area contributed by atoms with E-state index in [1.807, 2.05) is 0 Å². The molecule has 1 saturated heterocycles. The Morgan fingerprint density at radius 2 is 1.86 bits per heavy atom. The molecule has 3 aromatic rings. The molecule has 11 heteroatoms. The van der Waals surface area contributed by atoms with E-state index in [0.29, 0.717) is 37.3 Å². The van der Waals surface area contributed by atoms with Crippen LogP contribution in [0.2, 0.25) is 10.0 Å². The second kappa shape index (κ2) is 11.7. The van der Waals surface area contributed by atoms with Gasteiger partial charge in [-0.25, -0.2) is 9.69 Å². The van der Waals surface area contributed by atoms with Crippen LogP contribution in [0.25, 0.3) is 6.08 Å². The summed E-state index contributed by atoms with van der Waals surface area (Å²) < 4.78 is 11.7. The highest BCUT2D eigenvalue weighted by atomic mass is 79.9. The summed E-state index contributed by atoms with van der Waals surface area (Å²) >= 11 is 15.6. The average Bonchev–Trinajstić information content (AvgIpc) is 3.12. The van der Waals surface area contributed by atoms with Crippen LogP contribution < -0.4 is 20.1 Å². The van der Waals surface area contributed by atoms with Crippen LogP contribution in [-0.2, 0) is 16.2 Å². The van der Waals surface area contributed by atoms with Crippen molar-refractivity contribution in [1.29, 1.82) is 0 Å². The van der Waals surface area contributed by atoms with Gasteiger partial charge in [-0.3, -0.25) is 9.59 Å². The van der Waals surface area contributed by atoms with Gasteiger partial charge in [0.25, 0.3) is 5.91 Å². The maximum Gasteiger partial charge on any atom is 0.329 e. The van der Waals surface area contributed by atoms with E-state index in [-0.39, 0.29) is 12.3 Å². The number of imide groups is 1. The number of para-hydroxylation sites is 2. The summed E-state index contributed by atoms with van der Waals surface area (Å²) in [5, 5.41) is 6.19. The predicted octanol–water partition coefficient (Wildman–Crippen LogP) is 5.87. The van der Waals surface area contributed by atoms with Crippen molar-refractivity contribution in [3.63, 3.8) is 0 Å². The zero-order chi connectivity index (χ0) is 26.5. The number of nitrogens with one attached hydrogen (secondary N) is 2. The topological polar surface area (TPSA) is 97.0 Å². The summed E-state index contributed by atoms with van der Waals surface area (Å²) in [6.45, 7) is -0.223. The van der Waals surface area contributed by atoms with Gasteiger partial charge in [-0.05, 0) is 64.0 Å². The molecule has 0 bridgehead atoms. The zero-order valence-electron chi connectivity index (χ0n) is 19.4. The van der Waals surface area contributed by atoms with Crippen molar-refractivity contribution in [3.05, 3.63) is 92.0 Å². The van der Waals surface area contributed by atoms with Crippen LogP contribution in [0.3, 0.4) is 0 Å². The predicted molar refractivity (Wildman–Crippen MR) is 145 cm³/mol. The number of carbonyl (C=O) groups is 3. The van der Waals surface area contributed by atoms with Gasteiger partial charge in [0.05, 0.1) is 17.3 Å². The van der Waals surface area contributed by atoms with E-state index in [2.05, 4.69) is 26.6 Å². The molecular formula is C26H20BrCl2N3O5. The van der Waals surface area contributed by atoms with E-state index in [1.165, 1.54) is 13.2 Å². The molecule has 1 aliphatic heterocycles. The Bertz CT molecular complexity index is 1410. The molecule has 8 nitrogen and oxygen atoms in total. The number of ether oxygens (including phenoxy) is 2. The first-order valence-corrected chi connectivity index (χ1v) is 12.4. The number of benzene rings is 3. The molecule has 0 unspecified atom stereocenters. The molecule has 0 saturated carbocycles. The fraction of sp³-hybridized carbons (Fsp3) is 0.115. The molecule has 3 aromatic carbocycles. The molecule has 4 amide bonds. The highest BCUT2D eigenvalue weighted by Crippen LogP contribution is 2.30. The van der Waals surface area contributed by atoms with Crippen LogP contribution in [0.15, 0.2) is 70.8 Å². The second-order valence-corrected chi connectivity index (χ2v) is 9.54. The van der Waals surface area contributed by atoms with Crippen LogP contribution in [-0.4, -0.2) is 36.4 Å². The van der Waals surface area contributed by atoms with Crippen molar-refractivity contribution in [2.75, 3.05) is 19.0 Å². The maximum absolute atomic E-state index is 12.8. The minimum Gasteiger partial charge on any atom is -0.495 e. The fourth-order valence-corrected chi connectivity index (χ4v) is 4.46. The number of halogens is 3. The first-order chi connectivity index (χ1) is 17.7. The average molecular weight is 605 g/mol. The summed E-state index contributed by atoms with van der Waals surface area (Å²) in [5.74, 6) is -0.138. The maximum atomic E-state index is 12.8. The highest BCUT2D eigenvalue weighted by molar-refractivity contribution is 9.10. The van der Waals surface area contributed by atoms with E-state index in [1.54, 1.807) is 60.7 Å². The van der Waals surface area contributed by atoms with Gasteiger partial charge < -0.3 is 20.1 Å². The first kappa shape index (κ1) is 26.5. The molecule has 1 aliphatic rings. The number of hydrogen-bond acceptors (Lipinski definition) is 5. The largest absolute Gasteiger partial charge is 0.495 e. The standard InChI is InChI=1S/C26H20BrCl2N3O5/c1-36-23-5-3-2-4-20(23)30-24(33)13-32-25(34)21(31-26(32)35)11-15-6-9-22(18(27)10-15)37-14-16-7-8-17(28)12-19(16)29/h2-12H,13-14H2,1H3,(H,30,33)(H,31,35)/b21-11+. The minimum absolute atomic E-state index is 0.0450. The lowest BCUT2D eigenvalue weighted by Crippen LogP contribution is -2.38. The zero-order valence-corrected chi connectivity index (χ0v) is 22.5. The van der Waals surface area contributed by atoms with E-state index in [9.17, 15) is 14.4 Å². The molecule has 1 heterocycles. The Hall–Kier alpha value is -3.53. The summed E-state index contributed by atoms with van der Waals surface area (Å²) in [6, 6.07) is 16.5. The Kier molecular flexibility index (Phi) is 8.38. The second-order valence-electron chi connectivity index (χ2n) is 7.84. The number of amides is 4. The van der Waals surface area contributed by atoms with Crippen LogP contribution in [0, 0.1) is 0 Å². The van der Waals surface area contributed by atoms with E-state index >= 15 is 0 Å². The van der Waals surface area contributed by atoms with Gasteiger partial charge in [0.1, 0.15) is 30.3 Å². The third kappa shape index (κ3) is 6.43. The van der Waals surface area contributed by atoms with Gasteiger partial charge in [0, 0.05) is 15.6 Å². The Morgan fingerprint density at radius 1 is 1.08 bits per heavy atom. The number of nitrogens with zero attached hydrogens (tertiary/aromatic N) is 1. The molecule has 0 radical (unpaired) electrons. The first-order valence-electron chi connectivity index (χ1n) is 10.9. The van der Waals surface area contributed by atoms with Crippen LogP contribution in [0.1, 0.15) is 11.1 Å². The lowest BCUT2D eigenvalue weighted by molar-refractivity contribution is -0.127. The molecule has 4 rings (SSSR count). The lowest BCUT2D eigenvalue weighted by Gasteiger charge is -2.13. The number of anilines is 1. The third-order valence-electron chi connectivity index (χ3n) is 5.31. The normalized spacial score (nSPS) is 14.1. The number of methoxy groups -OCH3 is 1. The summed E-state index contributed by atoms with van der Waals surface area (Å²) in [6.07, 6.45) is 1.52. The van der Waals surface area contributed by atoms with Gasteiger partial charge in [-0.15, -0.1) is 0 Å². The summed E-state index contributed by atoms with van der Waals surface area (Å²) in [5.41, 5.74) is 1.89. The van der Waals surface area contributed by atoms with Gasteiger partial charge >= 0.3 is 6.03 Å². The SMILES string of the molecule is COc1ccccc1NC(=O)CN1C(=O)N/C(=C/c2ccc(OCc3ccc(Cl)cc3Cl)c(Br)c2)C1=O. The van der Waals surface area contributed by atoms with Crippen LogP contribution in [0.5, 0.6) is 11.5 Å². The summed E-state index contributed by atoms with van der Waals surface area (Å²) in [4.78, 5) is 38.5. The van der Waals surface area contributed by atoms with Crippen molar-refractivity contribution in [2.45, 2.75) is 6.61 Å². The number of carbonyl (C=O) groups excluding carboxylic acids is 3. The molecular weight excluding hydrogens is 585 g/mol. The lowest BCUT2D eigenvalue weighted by atomic mass is 10.2. The van der Waals surface area contributed by atoms with Gasteiger partial charge in [0.15, 0.2) is 0 Å². The van der Waals surface area contributed by atoms with Crippen LogP contribution >= 0.6 is 39.1 Å². The van der Waals surface area contributed by atoms with Gasteiger partial charge in [-0.1, -0.05) is 47.5 Å². The van der Waals surface area contributed by atoms with Crippen LogP contribution in [0.4, 0.5) is 10.5 Å². The monoisotopic (exact) mass is 603 g/mol. The molecule has 0 aromatic heterocycles. The molecule has 2 N–H and O–H groups in total. The van der Waals surface area contributed by atoms with Crippen molar-refractivity contribution in [2.24, 2.45) is 0 Å². The van der Waals surface area contributed by atoms with Crippen molar-refractivity contribution >= 4 is 68.7 Å². The Balaban J connectivity index is 1.41. The van der Waals surface area contributed by atoms with E-state index < -0.39 is 24.4 Å². The highest BCUT2D eigenvalue weighted by Gasteiger charge is 2.35. The molecule has 190 valence electrons. The third-order valence-corrected chi connectivity index (χ3v) is 6.52. The fourth-order valence-electron chi connectivity index (χ4n) is 3.48. The molecule has 37 heavy (non-hydrogen) atoms. The van der Waals surface area contributed by atoms with Gasteiger partial charge in [0.2, 0.25) is 5.91 Å². The molecule has 1 fully saturated rings. The number of urea groups is 1. The molecule has 0 spiro atoms. The van der Waals surface area contributed by atoms with E-state index in [4.69, 9.17) is 32.7 Å².